The fourth-order valence-corrected chi connectivity index (χ4v) is 0.768. The van der Waals surface area contributed by atoms with E-state index in [0.717, 1.165) is 6.20 Å². The maximum Gasteiger partial charge on any atom is 0.437 e. The molecule has 0 aliphatic rings. The highest BCUT2D eigenvalue weighted by Gasteiger charge is 2.35. The molecule has 0 saturated carbocycles. The van der Waals surface area contributed by atoms with Crippen LogP contribution in [-0.4, -0.2) is 12.1 Å². The average Bonchev–Trinajstić information content (AvgIpc) is 2.03. The summed E-state index contributed by atoms with van der Waals surface area (Å²) in [6.45, 7) is 0. The van der Waals surface area contributed by atoms with E-state index in [1.165, 1.54) is 19.2 Å². The number of nitrogens with zero attached hydrogens (tertiary/aromatic N) is 1. The highest BCUT2D eigenvalue weighted by molar-refractivity contribution is 5.28. The number of pyridine rings is 1. The topological polar surface area (TPSA) is 22.1 Å². The summed E-state index contributed by atoms with van der Waals surface area (Å²) < 4.78 is 40.8. The Labute approximate surface area is 67.0 Å². The first-order valence-electron chi connectivity index (χ1n) is 3.12. The van der Waals surface area contributed by atoms with Crippen LogP contribution in [0.3, 0.4) is 0 Å². The van der Waals surface area contributed by atoms with E-state index >= 15 is 0 Å². The first-order chi connectivity index (χ1) is 5.55. The molecule has 0 spiro atoms. The molecule has 0 bridgehead atoms. The van der Waals surface area contributed by atoms with E-state index in [9.17, 15) is 13.2 Å². The van der Waals surface area contributed by atoms with Crippen LogP contribution in [0.2, 0.25) is 0 Å². The van der Waals surface area contributed by atoms with Crippen LogP contribution in [0.25, 0.3) is 0 Å². The van der Waals surface area contributed by atoms with Gasteiger partial charge < -0.3 is 4.74 Å². The van der Waals surface area contributed by atoms with Gasteiger partial charge in [-0.05, 0) is 12.1 Å². The number of halogens is 3. The van der Waals surface area contributed by atoms with Crippen molar-refractivity contribution in [1.29, 1.82) is 0 Å². The molecule has 0 amide bonds. The van der Waals surface area contributed by atoms with E-state index in [2.05, 4.69) is 9.72 Å². The van der Waals surface area contributed by atoms with E-state index < -0.39 is 11.9 Å². The molecule has 66 valence electrons. The van der Waals surface area contributed by atoms with Gasteiger partial charge in [0.15, 0.2) is 5.69 Å². The Balaban J connectivity index is 3.14. The van der Waals surface area contributed by atoms with Crippen LogP contribution in [0.5, 0.6) is 5.75 Å². The van der Waals surface area contributed by atoms with E-state index in [1.54, 1.807) is 0 Å². The van der Waals surface area contributed by atoms with Crippen LogP contribution in [0.4, 0.5) is 13.2 Å². The molecule has 0 saturated heterocycles. The van der Waals surface area contributed by atoms with E-state index in [-0.39, 0.29) is 5.75 Å². The molecular formula is C7H6F3NO. The van der Waals surface area contributed by atoms with Crippen molar-refractivity contribution < 1.29 is 17.9 Å². The Hall–Kier alpha value is -1.26. The number of hydrogen-bond donors (Lipinski definition) is 0. The van der Waals surface area contributed by atoms with Crippen molar-refractivity contribution in [3.8, 4) is 5.75 Å². The summed E-state index contributed by atoms with van der Waals surface area (Å²) >= 11 is 0. The van der Waals surface area contributed by atoms with Crippen molar-refractivity contribution in [3.63, 3.8) is 0 Å². The minimum atomic E-state index is -4.45. The third-order valence-electron chi connectivity index (χ3n) is 1.26. The second-order valence-electron chi connectivity index (χ2n) is 2.05. The molecule has 0 aliphatic heterocycles. The van der Waals surface area contributed by atoms with Crippen molar-refractivity contribution in [2.75, 3.05) is 7.11 Å². The lowest BCUT2D eigenvalue weighted by Gasteiger charge is -2.08. The van der Waals surface area contributed by atoms with E-state index in [4.69, 9.17) is 0 Å². The van der Waals surface area contributed by atoms with Crippen LogP contribution >= 0.6 is 0 Å². The SMILES string of the molecule is COc1cccnc1C(F)(F)F. The second kappa shape index (κ2) is 3.00. The molecule has 0 unspecified atom stereocenters. The van der Waals surface area contributed by atoms with Crippen molar-refractivity contribution in [1.82, 2.24) is 4.98 Å². The summed E-state index contributed by atoms with van der Waals surface area (Å²) in [4.78, 5) is 3.17. The summed E-state index contributed by atoms with van der Waals surface area (Å²) in [6, 6.07) is 2.60. The number of hydrogen-bond acceptors (Lipinski definition) is 2. The third-order valence-corrected chi connectivity index (χ3v) is 1.26. The zero-order valence-corrected chi connectivity index (χ0v) is 6.22. The van der Waals surface area contributed by atoms with Gasteiger partial charge in [0.1, 0.15) is 5.75 Å². The Bertz CT molecular complexity index is 272. The number of aromatic nitrogens is 1. The summed E-state index contributed by atoms with van der Waals surface area (Å²) in [5.41, 5.74) is -0.993. The molecule has 0 aromatic carbocycles. The van der Waals surface area contributed by atoms with Crippen LogP contribution in [-0.2, 0) is 6.18 Å². The normalized spacial score (nSPS) is 11.3. The van der Waals surface area contributed by atoms with Gasteiger partial charge in [-0.15, -0.1) is 0 Å². The zero-order valence-electron chi connectivity index (χ0n) is 6.22. The first kappa shape index (κ1) is 8.83. The van der Waals surface area contributed by atoms with Crippen LogP contribution in [0, 0.1) is 0 Å². The predicted octanol–water partition coefficient (Wildman–Crippen LogP) is 2.11. The van der Waals surface area contributed by atoms with Crippen LogP contribution in [0.1, 0.15) is 5.69 Å². The number of alkyl halides is 3. The maximum absolute atomic E-state index is 12.1. The first-order valence-corrected chi connectivity index (χ1v) is 3.12. The van der Waals surface area contributed by atoms with Crippen molar-refractivity contribution in [3.05, 3.63) is 24.0 Å². The van der Waals surface area contributed by atoms with Crippen molar-refractivity contribution >= 4 is 0 Å². The molecule has 12 heavy (non-hydrogen) atoms. The van der Waals surface area contributed by atoms with Gasteiger partial charge in [0.25, 0.3) is 0 Å². The number of rotatable bonds is 1. The molecular weight excluding hydrogens is 171 g/mol. The monoisotopic (exact) mass is 177 g/mol. The van der Waals surface area contributed by atoms with Crippen LogP contribution in [0.15, 0.2) is 18.3 Å². The molecule has 1 aromatic rings. The van der Waals surface area contributed by atoms with Gasteiger partial charge in [0.2, 0.25) is 0 Å². The highest BCUT2D eigenvalue weighted by Crippen LogP contribution is 2.33. The molecule has 2 nitrogen and oxygen atoms in total. The largest absolute Gasteiger partial charge is 0.494 e. The molecule has 5 heteroatoms. The second-order valence-corrected chi connectivity index (χ2v) is 2.05. The lowest BCUT2D eigenvalue weighted by atomic mass is 10.3. The molecule has 0 atom stereocenters. The van der Waals surface area contributed by atoms with E-state index in [1.807, 2.05) is 0 Å². The predicted molar refractivity (Wildman–Crippen MR) is 35.8 cm³/mol. The summed E-state index contributed by atoms with van der Waals surface area (Å²) in [7, 11) is 1.17. The molecule has 1 rings (SSSR count). The van der Waals surface area contributed by atoms with Gasteiger partial charge in [-0.25, -0.2) is 4.98 Å². The minimum absolute atomic E-state index is 0.259. The average molecular weight is 177 g/mol. The molecule has 1 heterocycles. The maximum atomic E-state index is 12.1. The van der Waals surface area contributed by atoms with Gasteiger partial charge in [0, 0.05) is 6.20 Å². The Morgan fingerprint density at radius 1 is 1.42 bits per heavy atom. The number of ether oxygens (including phenoxy) is 1. The fraction of sp³-hybridized carbons (Fsp3) is 0.286. The Morgan fingerprint density at radius 2 is 2.08 bits per heavy atom. The van der Waals surface area contributed by atoms with Gasteiger partial charge in [0.05, 0.1) is 7.11 Å². The molecule has 0 N–H and O–H groups in total. The zero-order chi connectivity index (χ0) is 9.19. The molecule has 0 radical (unpaired) electrons. The molecule has 1 aromatic heterocycles. The lowest BCUT2D eigenvalue weighted by Crippen LogP contribution is -2.09. The summed E-state index contributed by atoms with van der Waals surface area (Å²) in [5, 5.41) is 0. The van der Waals surface area contributed by atoms with Crippen LogP contribution < -0.4 is 4.74 Å². The molecule has 0 fully saturated rings. The standard InChI is InChI=1S/C7H6F3NO/c1-12-5-3-2-4-11-6(5)7(8,9)10/h2-4H,1H3. The lowest BCUT2D eigenvalue weighted by molar-refractivity contribution is -0.142. The van der Waals surface area contributed by atoms with Gasteiger partial charge >= 0.3 is 6.18 Å². The quantitative estimate of drug-likeness (QED) is 0.655. The number of methoxy groups -OCH3 is 1. The van der Waals surface area contributed by atoms with Crippen molar-refractivity contribution in [2.45, 2.75) is 6.18 Å². The van der Waals surface area contributed by atoms with E-state index in [0.29, 0.717) is 0 Å². The highest BCUT2D eigenvalue weighted by atomic mass is 19.4. The summed E-state index contributed by atoms with van der Waals surface area (Å²) in [6.07, 6.45) is -3.38. The molecule has 0 aliphatic carbocycles. The summed E-state index contributed by atoms with van der Waals surface area (Å²) in [5.74, 6) is -0.259. The third kappa shape index (κ3) is 1.66. The fourth-order valence-electron chi connectivity index (χ4n) is 0.768. The smallest absolute Gasteiger partial charge is 0.437 e. The van der Waals surface area contributed by atoms with Gasteiger partial charge in [-0.2, -0.15) is 13.2 Å². The van der Waals surface area contributed by atoms with Gasteiger partial charge in [-0.1, -0.05) is 0 Å². The minimum Gasteiger partial charge on any atom is -0.494 e. The Kier molecular flexibility index (Phi) is 2.21. The Morgan fingerprint density at radius 3 is 2.50 bits per heavy atom. The van der Waals surface area contributed by atoms with Crippen molar-refractivity contribution in [2.24, 2.45) is 0 Å². The van der Waals surface area contributed by atoms with Gasteiger partial charge in [-0.3, -0.25) is 0 Å².